The molecule has 7 nitrogen and oxygen atoms in total. The summed E-state index contributed by atoms with van der Waals surface area (Å²) in [6.07, 6.45) is 3.53. The van der Waals surface area contributed by atoms with Gasteiger partial charge in [-0.05, 0) is 42.7 Å². The van der Waals surface area contributed by atoms with Crippen LogP contribution in [0.15, 0.2) is 34.5 Å². The van der Waals surface area contributed by atoms with Crippen LogP contribution < -0.4 is 11.2 Å². The summed E-state index contributed by atoms with van der Waals surface area (Å²) < 4.78 is 21.7. The van der Waals surface area contributed by atoms with E-state index in [1.165, 1.54) is 16.8 Å². The lowest BCUT2D eigenvalue weighted by Gasteiger charge is -2.45. The smallest absolute Gasteiger partial charge is 0.330 e. The topological polar surface area (TPSA) is 82.5 Å². The Morgan fingerprint density at radius 1 is 1.15 bits per heavy atom. The van der Waals surface area contributed by atoms with E-state index in [1.54, 1.807) is 0 Å². The fourth-order valence-corrected chi connectivity index (χ4v) is 5.85. The molecular weight excluding hydrogens is 452 g/mol. The van der Waals surface area contributed by atoms with Crippen LogP contribution in [-0.4, -0.2) is 44.5 Å². The second-order valence-electron chi connectivity index (χ2n) is 12.3. The van der Waals surface area contributed by atoms with Crippen molar-refractivity contribution in [3.63, 3.8) is 0 Å². The lowest BCUT2D eigenvalue weighted by atomic mass is 9.94. The highest BCUT2D eigenvalue weighted by atomic mass is 28.4. The van der Waals surface area contributed by atoms with E-state index in [9.17, 15) is 9.59 Å². The third-order valence-electron chi connectivity index (χ3n) is 7.75. The van der Waals surface area contributed by atoms with Gasteiger partial charge in [-0.15, -0.1) is 6.58 Å². The Kier molecular flexibility index (Phi) is 7.98. The van der Waals surface area contributed by atoms with Crippen LogP contribution in [-0.2, 0) is 13.6 Å². The number of hydrogen-bond acceptors (Lipinski definition) is 5. The maximum Gasteiger partial charge on any atom is 0.330 e. The largest absolute Gasteiger partial charge is 0.414 e. The zero-order chi connectivity index (χ0) is 25.5. The van der Waals surface area contributed by atoms with Crippen molar-refractivity contribution in [1.29, 1.82) is 0 Å². The molecule has 0 saturated carbocycles. The molecule has 9 heteroatoms. The molecule has 0 amide bonds. The van der Waals surface area contributed by atoms with Crippen molar-refractivity contribution in [2.24, 2.45) is 0 Å². The summed E-state index contributed by atoms with van der Waals surface area (Å²) in [4.78, 5) is 26.5. The van der Waals surface area contributed by atoms with E-state index in [4.69, 9.17) is 13.6 Å². The first-order valence-corrected chi connectivity index (χ1v) is 17.6. The van der Waals surface area contributed by atoms with Gasteiger partial charge >= 0.3 is 5.69 Å². The molecule has 0 spiro atoms. The molecular formula is C24H44N2O5Si2. The number of rotatable bonds is 8. The number of nitrogens with zero attached hydrogens (tertiary/aromatic N) is 1. The average molecular weight is 497 g/mol. The standard InChI is InChI=1S/C24H44N2O5Si2/c1-12-14-24(17-29-32(8,9)22(2,3)4)18(31-33(10,11)23(5,6)7)16-20(30-24)26-15-13-19(27)25-21(26)28/h12-13,15,18,20H,1,14,16-17H2,2-11H3,(H,25,27,28)/t18?,20-,24?/m1/s1. The molecule has 2 unspecified atom stereocenters. The minimum absolute atomic E-state index is 0.0140. The fraction of sp³-hybridized carbons (Fsp3) is 0.750. The monoisotopic (exact) mass is 496 g/mol. The minimum atomic E-state index is -2.16. The molecule has 1 aliphatic rings. The lowest BCUT2D eigenvalue weighted by Crippen LogP contribution is -2.54. The first-order valence-electron chi connectivity index (χ1n) is 11.8. The van der Waals surface area contributed by atoms with Crippen LogP contribution >= 0.6 is 0 Å². The van der Waals surface area contributed by atoms with Crippen LogP contribution in [0.3, 0.4) is 0 Å². The Hall–Kier alpha value is -1.27. The Labute approximate surface area is 200 Å². The van der Waals surface area contributed by atoms with E-state index in [0.717, 1.165) is 0 Å². The zero-order valence-corrected chi connectivity index (χ0v) is 24.2. The van der Waals surface area contributed by atoms with Gasteiger partial charge in [0.05, 0.1) is 12.7 Å². The molecule has 0 aliphatic carbocycles. The van der Waals surface area contributed by atoms with Crippen molar-refractivity contribution >= 4 is 16.6 Å². The SMILES string of the molecule is C=CCC1(CO[Si](C)(C)C(C)(C)C)O[C@@H](n2ccc(=O)[nH]c2=O)CC1O[Si](C)(C)C(C)(C)C. The Morgan fingerprint density at radius 3 is 2.21 bits per heavy atom. The van der Waals surface area contributed by atoms with Crippen LogP contribution in [0.4, 0.5) is 0 Å². The van der Waals surface area contributed by atoms with Gasteiger partial charge in [-0.25, -0.2) is 4.79 Å². The Balaban J connectivity index is 2.50. The second-order valence-corrected chi connectivity index (χ2v) is 21.9. The van der Waals surface area contributed by atoms with Crippen molar-refractivity contribution in [2.45, 2.75) is 109 Å². The summed E-state index contributed by atoms with van der Waals surface area (Å²) in [6.45, 7) is 26.5. The van der Waals surface area contributed by atoms with Crippen molar-refractivity contribution in [1.82, 2.24) is 9.55 Å². The summed E-state index contributed by atoms with van der Waals surface area (Å²) in [7, 11) is -4.22. The number of aromatic amines is 1. The van der Waals surface area contributed by atoms with E-state index in [0.29, 0.717) is 19.4 Å². The highest BCUT2D eigenvalue weighted by molar-refractivity contribution is 6.74. The molecule has 2 rings (SSSR count). The van der Waals surface area contributed by atoms with Gasteiger partial charge in [0, 0.05) is 18.7 Å². The quantitative estimate of drug-likeness (QED) is 0.396. The van der Waals surface area contributed by atoms with Gasteiger partial charge in [-0.2, -0.15) is 0 Å². The maximum absolute atomic E-state index is 12.5. The third-order valence-corrected chi connectivity index (χ3v) is 16.7. The summed E-state index contributed by atoms with van der Waals surface area (Å²) in [5.41, 5.74) is -1.69. The fourth-order valence-electron chi connectivity index (χ4n) is 3.43. The third kappa shape index (κ3) is 6.06. The molecule has 0 radical (unpaired) electrons. The molecule has 0 aromatic carbocycles. The molecule has 0 bridgehead atoms. The van der Waals surface area contributed by atoms with Crippen LogP contribution in [0, 0.1) is 0 Å². The van der Waals surface area contributed by atoms with E-state index in [2.05, 4.69) is 79.3 Å². The van der Waals surface area contributed by atoms with Crippen molar-refractivity contribution in [3.05, 3.63) is 45.8 Å². The number of aromatic nitrogens is 2. The van der Waals surface area contributed by atoms with Gasteiger partial charge in [0.2, 0.25) is 0 Å². The van der Waals surface area contributed by atoms with Crippen molar-refractivity contribution in [2.75, 3.05) is 6.61 Å². The van der Waals surface area contributed by atoms with Crippen LogP contribution in [0.5, 0.6) is 0 Å². The first-order chi connectivity index (χ1) is 14.9. The van der Waals surface area contributed by atoms with Gasteiger partial charge in [-0.1, -0.05) is 47.6 Å². The summed E-state index contributed by atoms with van der Waals surface area (Å²) in [5.74, 6) is 0. The summed E-state index contributed by atoms with van der Waals surface area (Å²) >= 11 is 0. The second kappa shape index (κ2) is 9.41. The molecule has 1 saturated heterocycles. The predicted molar refractivity (Wildman–Crippen MR) is 139 cm³/mol. The molecule has 1 fully saturated rings. The van der Waals surface area contributed by atoms with E-state index in [-0.39, 0.29) is 16.2 Å². The molecule has 1 N–H and O–H groups in total. The Morgan fingerprint density at radius 2 is 1.73 bits per heavy atom. The number of H-pyrrole nitrogens is 1. The van der Waals surface area contributed by atoms with Crippen LogP contribution in [0.2, 0.25) is 36.3 Å². The predicted octanol–water partition coefficient (Wildman–Crippen LogP) is 5.18. The lowest BCUT2D eigenvalue weighted by molar-refractivity contribution is -0.121. The first kappa shape index (κ1) is 28.0. The highest BCUT2D eigenvalue weighted by Crippen LogP contribution is 2.47. The average Bonchev–Trinajstić information content (AvgIpc) is 2.96. The van der Waals surface area contributed by atoms with Crippen molar-refractivity contribution in [3.8, 4) is 0 Å². The van der Waals surface area contributed by atoms with Gasteiger partial charge in [0.25, 0.3) is 5.56 Å². The molecule has 1 aliphatic heterocycles. The van der Waals surface area contributed by atoms with Crippen molar-refractivity contribution < 1.29 is 13.6 Å². The van der Waals surface area contributed by atoms with E-state index < -0.39 is 39.7 Å². The summed E-state index contributed by atoms with van der Waals surface area (Å²) in [5, 5.41) is 0.0616. The summed E-state index contributed by atoms with van der Waals surface area (Å²) in [6, 6.07) is 1.34. The Bertz CT molecular complexity index is 955. The molecule has 33 heavy (non-hydrogen) atoms. The zero-order valence-electron chi connectivity index (χ0n) is 22.2. The van der Waals surface area contributed by atoms with Gasteiger partial charge in [0.1, 0.15) is 11.8 Å². The highest BCUT2D eigenvalue weighted by Gasteiger charge is 2.54. The van der Waals surface area contributed by atoms with Crippen LogP contribution in [0.25, 0.3) is 0 Å². The normalized spacial score (nSPS) is 24.8. The number of hydrogen-bond donors (Lipinski definition) is 1. The molecule has 1 aromatic rings. The van der Waals surface area contributed by atoms with E-state index >= 15 is 0 Å². The molecule has 2 heterocycles. The molecule has 188 valence electrons. The molecule has 1 aromatic heterocycles. The van der Waals surface area contributed by atoms with Gasteiger partial charge in [-0.3, -0.25) is 14.3 Å². The minimum Gasteiger partial charge on any atom is -0.414 e. The van der Waals surface area contributed by atoms with Crippen LogP contribution in [0.1, 0.15) is 60.6 Å². The molecule has 3 atom stereocenters. The number of ether oxygens (including phenoxy) is 1. The number of nitrogens with one attached hydrogen (secondary N) is 1. The van der Waals surface area contributed by atoms with Gasteiger partial charge < -0.3 is 13.6 Å². The van der Waals surface area contributed by atoms with Gasteiger partial charge in [0.15, 0.2) is 16.6 Å². The maximum atomic E-state index is 12.5. The van der Waals surface area contributed by atoms with E-state index in [1.807, 2.05) is 6.08 Å².